The van der Waals surface area contributed by atoms with E-state index in [0.29, 0.717) is 5.75 Å². The molecule has 11 heteroatoms. The Kier molecular flexibility index (Phi) is 7.44. The maximum atomic E-state index is 13.3. The lowest BCUT2D eigenvalue weighted by Gasteiger charge is -2.30. The molecule has 2 unspecified atom stereocenters. The lowest BCUT2D eigenvalue weighted by molar-refractivity contribution is -0.145. The quantitative estimate of drug-likeness (QED) is 0.588. The Bertz CT molecular complexity index is 1050. The molecule has 3 rings (SSSR count). The summed E-state index contributed by atoms with van der Waals surface area (Å²) in [6.45, 7) is 1.66. The van der Waals surface area contributed by atoms with Crippen LogP contribution >= 0.6 is 0 Å². The van der Waals surface area contributed by atoms with Crippen LogP contribution in [-0.4, -0.2) is 67.9 Å². The van der Waals surface area contributed by atoms with Gasteiger partial charge in [0.15, 0.2) is 12.3 Å². The predicted molar refractivity (Wildman–Crippen MR) is 114 cm³/mol. The number of sulfonamides is 1. The fourth-order valence-corrected chi connectivity index (χ4v) is 4.92. The number of nitrogens with two attached hydrogens (primary N) is 1. The number of rotatable bonds is 8. The molecule has 1 aliphatic heterocycles. The molecule has 1 heterocycles. The van der Waals surface area contributed by atoms with Crippen LogP contribution in [0.4, 0.5) is 4.39 Å². The van der Waals surface area contributed by atoms with Gasteiger partial charge in [0.1, 0.15) is 11.6 Å². The van der Waals surface area contributed by atoms with Gasteiger partial charge in [0.2, 0.25) is 10.0 Å². The Labute approximate surface area is 186 Å². The zero-order valence-electron chi connectivity index (χ0n) is 17.5. The second kappa shape index (κ2) is 10.1. The van der Waals surface area contributed by atoms with Gasteiger partial charge in [-0.25, -0.2) is 12.8 Å². The molecular formula is C21H25FN4O5S. The molecule has 2 aromatic carbocycles. The van der Waals surface area contributed by atoms with Crippen LogP contribution in [0, 0.1) is 5.82 Å². The summed E-state index contributed by atoms with van der Waals surface area (Å²) in [5.41, 5.74) is 5.45. The number of nitrogens with one attached hydrogen (secondary N) is 1. The first-order chi connectivity index (χ1) is 15.3. The topological polar surface area (TPSA) is 122 Å². The molecule has 3 N–H and O–H groups in total. The van der Waals surface area contributed by atoms with Gasteiger partial charge in [0.25, 0.3) is 11.8 Å². The molecule has 0 aromatic heterocycles. The first-order valence-corrected chi connectivity index (χ1v) is 11.5. The highest BCUT2D eigenvalue weighted by Gasteiger charge is 2.47. The average molecular weight is 465 g/mol. The summed E-state index contributed by atoms with van der Waals surface area (Å²) in [4.78, 5) is 27.0. The van der Waals surface area contributed by atoms with E-state index in [2.05, 4.69) is 5.32 Å². The molecule has 0 saturated carbocycles. The van der Waals surface area contributed by atoms with E-state index in [-0.39, 0.29) is 31.1 Å². The molecule has 2 amide bonds. The van der Waals surface area contributed by atoms with Crippen molar-refractivity contribution < 1.29 is 27.1 Å². The molecule has 9 nitrogen and oxygen atoms in total. The molecular weight excluding hydrogens is 439 g/mol. The van der Waals surface area contributed by atoms with E-state index < -0.39 is 39.9 Å². The highest BCUT2D eigenvalue weighted by molar-refractivity contribution is 7.89. The van der Waals surface area contributed by atoms with Gasteiger partial charge in [-0.1, -0.05) is 18.2 Å². The maximum absolute atomic E-state index is 13.3. The van der Waals surface area contributed by atoms with E-state index in [9.17, 15) is 22.4 Å². The molecule has 1 fully saturated rings. The molecule has 2 atom stereocenters. The number of benzene rings is 2. The largest absolute Gasteiger partial charge is 0.481 e. The van der Waals surface area contributed by atoms with Crippen molar-refractivity contribution in [2.75, 3.05) is 26.2 Å². The fourth-order valence-electron chi connectivity index (χ4n) is 3.38. The lowest BCUT2D eigenvalue weighted by atomic mass is 10.3. The Balaban J connectivity index is 1.88. The second-order valence-corrected chi connectivity index (χ2v) is 9.02. The number of carbonyl (C=O) groups is 2. The van der Waals surface area contributed by atoms with Crippen LogP contribution in [0.15, 0.2) is 59.5 Å². The number of carbonyl (C=O) groups excluding carboxylic acids is 2. The van der Waals surface area contributed by atoms with Crippen molar-refractivity contribution in [1.29, 1.82) is 0 Å². The maximum Gasteiger partial charge on any atom is 0.265 e. The third-order valence-corrected chi connectivity index (χ3v) is 6.78. The third kappa shape index (κ3) is 5.06. The first-order valence-electron chi connectivity index (χ1n) is 10.0. The molecule has 2 aromatic rings. The number of halogens is 1. The summed E-state index contributed by atoms with van der Waals surface area (Å²) in [5, 5.41) is 2.55. The van der Waals surface area contributed by atoms with Crippen molar-refractivity contribution in [1.82, 2.24) is 14.5 Å². The van der Waals surface area contributed by atoms with E-state index in [1.165, 1.54) is 11.8 Å². The Morgan fingerprint density at radius 1 is 1.16 bits per heavy atom. The molecule has 0 radical (unpaired) electrons. The van der Waals surface area contributed by atoms with Crippen LogP contribution in [-0.2, 0) is 19.6 Å². The number of para-hydroxylation sites is 1. The smallest absolute Gasteiger partial charge is 0.265 e. The number of nitrogens with zero attached hydrogens (tertiary/aromatic N) is 2. The SMILES string of the molecule is CC(Oc1ccccc1)C(=O)N1CCN(S(=O)(=O)c2ccc(F)cc2)C1C(=O)NCCN. The van der Waals surface area contributed by atoms with Crippen LogP contribution < -0.4 is 15.8 Å². The zero-order chi connectivity index (χ0) is 23.3. The summed E-state index contributed by atoms with van der Waals surface area (Å²) in [6.07, 6.45) is -2.39. The summed E-state index contributed by atoms with van der Waals surface area (Å²) in [6, 6.07) is 12.9. The second-order valence-electron chi connectivity index (χ2n) is 7.13. The average Bonchev–Trinajstić information content (AvgIpc) is 3.24. The van der Waals surface area contributed by atoms with Gasteiger partial charge in [-0.2, -0.15) is 4.31 Å². The number of amides is 2. The Hall–Kier alpha value is -3.02. The normalized spacial score (nSPS) is 17.7. The molecule has 1 aliphatic rings. The Morgan fingerprint density at radius 2 is 1.81 bits per heavy atom. The molecule has 172 valence electrons. The van der Waals surface area contributed by atoms with E-state index in [4.69, 9.17) is 10.5 Å². The monoisotopic (exact) mass is 464 g/mol. The van der Waals surface area contributed by atoms with Crippen LogP contribution in [0.1, 0.15) is 6.92 Å². The van der Waals surface area contributed by atoms with E-state index >= 15 is 0 Å². The minimum absolute atomic E-state index is 0.0114. The van der Waals surface area contributed by atoms with Crippen molar-refractivity contribution in [3.63, 3.8) is 0 Å². The summed E-state index contributed by atoms with van der Waals surface area (Å²) < 4.78 is 46.3. The fraction of sp³-hybridized carbons (Fsp3) is 0.333. The van der Waals surface area contributed by atoms with Gasteiger partial charge < -0.3 is 20.7 Å². The number of hydrogen-bond donors (Lipinski definition) is 2. The number of hydrogen-bond acceptors (Lipinski definition) is 6. The highest BCUT2D eigenvalue weighted by Crippen LogP contribution is 2.26. The molecule has 32 heavy (non-hydrogen) atoms. The van der Waals surface area contributed by atoms with Crippen molar-refractivity contribution in [3.8, 4) is 5.75 Å². The minimum Gasteiger partial charge on any atom is -0.481 e. The van der Waals surface area contributed by atoms with Crippen LogP contribution in [0.25, 0.3) is 0 Å². The van der Waals surface area contributed by atoms with Crippen LogP contribution in [0.3, 0.4) is 0 Å². The van der Waals surface area contributed by atoms with E-state index in [1.54, 1.807) is 30.3 Å². The van der Waals surface area contributed by atoms with Crippen LogP contribution in [0.5, 0.6) is 5.75 Å². The first kappa shape index (κ1) is 23.6. The van der Waals surface area contributed by atoms with Crippen molar-refractivity contribution >= 4 is 21.8 Å². The predicted octanol–water partition coefficient (Wildman–Crippen LogP) is 0.527. The zero-order valence-corrected chi connectivity index (χ0v) is 18.3. The highest BCUT2D eigenvalue weighted by atomic mass is 32.2. The van der Waals surface area contributed by atoms with Gasteiger partial charge in [-0.05, 0) is 43.3 Å². The Morgan fingerprint density at radius 3 is 2.44 bits per heavy atom. The van der Waals surface area contributed by atoms with Crippen molar-refractivity contribution in [3.05, 3.63) is 60.4 Å². The summed E-state index contributed by atoms with van der Waals surface area (Å²) in [5.74, 6) is -1.35. The third-order valence-electron chi connectivity index (χ3n) is 4.91. The molecule has 0 aliphatic carbocycles. The van der Waals surface area contributed by atoms with Gasteiger partial charge in [-0.3, -0.25) is 9.59 Å². The molecule has 1 saturated heterocycles. The molecule has 0 spiro atoms. The summed E-state index contributed by atoms with van der Waals surface area (Å²) >= 11 is 0. The summed E-state index contributed by atoms with van der Waals surface area (Å²) in [7, 11) is -4.19. The van der Waals surface area contributed by atoms with Crippen molar-refractivity contribution in [2.45, 2.75) is 24.1 Å². The van der Waals surface area contributed by atoms with Gasteiger partial charge in [0, 0.05) is 26.2 Å². The standard InChI is InChI=1S/C21H25FN4O5S/c1-15(31-17-5-3-2-4-6-17)21(28)25-13-14-26(20(25)19(27)24-12-11-23)32(29,30)18-9-7-16(22)8-10-18/h2-10,15,20H,11-14,23H2,1H3,(H,24,27). The van der Waals surface area contributed by atoms with Crippen LogP contribution in [0.2, 0.25) is 0 Å². The van der Waals surface area contributed by atoms with Gasteiger partial charge in [-0.15, -0.1) is 0 Å². The molecule has 0 bridgehead atoms. The lowest BCUT2D eigenvalue weighted by Crippen LogP contribution is -2.56. The van der Waals surface area contributed by atoms with Gasteiger partial charge in [0.05, 0.1) is 4.90 Å². The minimum atomic E-state index is -4.19. The van der Waals surface area contributed by atoms with Crippen molar-refractivity contribution in [2.24, 2.45) is 5.73 Å². The van der Waals surface area contributed by atoms with E-state index in [1.807, 2.05) is 0 Å². The van der Waals surface area contributed by atoms with Gasteiger partial charge >= 0.3 is 0 Å². The van der Waals surface area contributed by atoms with E-state index in [0.717, 1.165) is 28.6 Å². The number of ether oxygens (including phenoxy) is 1.